The molecule has 1 aromatic heterocycles. The molecular formula is C21H26N2O5S. The van der Waals surface area contributed by atoms with Gasteiger partial charge in [0.1, 0.15) is 11.8 Å². The Kier molecular flexibility index (Phi) is 8.21. The van der Waals surface area contributed by atoms with E-state index in [4.69, 9.17) is 9.47 Å². The number of hydrogen-bond donors (Lipinski definition) is 2. The number of rotatable bonds is 9. The standard InChI is InChI=1S/C21H26N2O5S/c1-13(2)18(23-20(25)17-6-5-11-29-17)21(26)28-14(3)19(24)22-12-15-7-9-16(27-4)10-8-15/h5-11,13-14,18H,12H2,1-4H3,(H,22,24)(H,23,25)/t14-,18-/m1/s1. The minimum atomic E-state index is -0.986. The molecule has 0 unspecified atom stereocenters. The summed E-state index contributed by atoms with van der Waals surface area (Å²) in [5.74, 6) is -0.863. The molecule has 0 aliphatic heterocycles. The highest BCUT2D eigenvalue weighted by atomic mass is 32.1. The van der Waals surface area contributed by atoms with Crippen molar-refractivity contribution in [3.05, 3.63) is 52.2 Å². The van der Waals surface area contributed by atoms with E-state index < -0.39 is 24.0 Å². The van der Waals surface area contributed by atoms with Crippen LogP contribution in [0.3, 0.4) is 0 Å². The minimum absolute atomic E-state index is 0.194. The average Bonchev–Trinajstić information content (AvgIpc) is 3.25. The van der Waals surface area contributed by atoms with Gasteiger partial charge < -0.3 is 20.1 Å². The van der Waals surface area contributed by atoms with Crippen molar-refractivity contribution < 1.29 is 23.9 Å². The van der Waals surface area contributed by atoms with Crippen LogP contribution in [0.1, 0.15) is 36.0 Å². The molecule has 2 rings (SSSR count). The lowest BCUT2D eigenvalue weighted by Crippen LogP contribution is -2.47. The van der Waals surface area contributed by atoms with E-state index in [2.05, 4.69) is 10.6 Å². The molecular weight excluding hydrogens is 392 g/mol. The maximum atomic E-state index is 12.5. The first-order chi connectivity index (χ1) is 13.8. The van der Waals surface area contributed by atoms with Crippen LogP contribution >= 0.6 is 11.3 Å². The first-order valence-corrected chi connectivity index (χ1v) is 10.1. The maximum absolute atomic E-state index is 12.5. The van der Waals surface area contributed by atoms with Crippen LogP contribution in [-0.4, -0.2) is 37.0 Å². The van der Waals surface area contributed by atoms with Crippen LogP contribution in [0, 0.1) is 5.92 Å². The third-order valence-corrected chi connectivity index (χ3v) is 5.11. The van der Waals surface area contributed by atoms with E-state index in [1.807, 2.05) is 12.1 Å². The zero-order valence-electron chi connectivity index (χ0n) is 16.9. The summed E-state index contributed by atoms with van der Waals surface area (Å²) in [6.45, 7) is 5.40. The number of benzene rings is 1. The van der Waals surface area contributed by atoms with Crippen molar-refractivity contribution in [1.29, 1.82) is 0 Å². The summed E-state index contributed by atoms with van der Waals surface area (Å²) in [5, 5.41) is 7.20. The number of hydrogen-bond acceptors (Lipinski definition) is 6. The number of thiophene rings is 1. The number of ether oxygens (including phenoxy) is 2. The summed E-state index contributed by atoms with van der Waals surface area (Å²) < 4.78 is 10.4. The molecule has 156 valence electrons. The molecule has 1 aromatic carbocycles. The molecule has 0 saturated heterocycles. The van der Waals surface area contributed by atoms with Crippen molar-refractivity contribution >= 4 is 29.1 Å². The summed E-state index contributed by atoms with van der Waals surface area (Å²) in [6, 6.07) is 9.87. The highest BCUT2D eigenvalue weighted by Gasteiger charge is 2.29. The van der Waals surface area contributed by atoms with Gasteiger partial charge in [0.05, 0.1) is 12.0 Å². The maximum Gasteiger partial charge on any atom is 0.329 e. The third kappa shape index (κ3) is 6.60. The van der Waals surface area contributed by atoms with E-state index in [1.54, 1.807) is 50.6 Å². The Morgan fingerprint density at radius 1 is 1.07 bits per heavy atom. The second kappa shape index (κ2) is 10.6. The van der Waals surface area contributed by atoms with E-state index in [-0.39, 0.29) is 11.8 Å². The van der Waals surface area contributed by atoms with Gasteiger partial charge >= 0.3 is 5.97 Å². The Bertz CT molecular complexity index is 818. The Balaban J connectivity index is 1.88. The molecule has 2 aromatic rings. The van der Waals surface area contributed by atoms with Crippen LogP contribution in [-0.2, 0) is 20.9 Å². The van der Waals surface area contributed by atoms with Crippen molar-refractivity contribution in [1.82, 2.24) is 10.6 Å². The van der Waals surface area contributed by atoms with E-state index in [1.165, 1.54) is 18.3 Å². The van der Waals surface area contributed by atoms with Gasteiger partial charge in [0.15, 0.2) is 6.10 Å². The van der Waals surface area contributed by atoms with Gasteiger partial charge in [0, 0.05) is 6.54 Å². The molecule has 2 atom stereocenters. The fourth-order valence-electron chi connectivity index (χ4n) is 2.50. The van der Waals surface area contributed by atoms with E-state index in [0.29, 0.717) is 11.4 Å². The normalized spacial score (nSPS) is 12.7. The highest BCUT2D eigenvalue weighted by molar-refractivity contribution is 7.12. The smallest absolute Gasteiger partial charge is 0.329 e. The highest BCUT2D eigenvalue weighted by Crippen LogP contribution is 2.13. The lowest BCUT2D eigenvalue weighted by atomic mass is 10.0. The van der Waals surface area contributed by atoms with E-state index in [9.17, 15) is 14.4 Å². The fraction of sp³-hybridized carbons (Fsp3) is 0.381. The average molecular weight is 419 g/mol. The van der Waals surface area contributed by atoms with Crippen molar-refractivity contribution in [3.63, 3.8) is 0 Å². The van der Waals surface area contributed by atoms with Gasteiger partial charge in [-0.15, -0.1) is 11.3 Å². The number of nitrogens with one attached hydrogen (secondary N) is 2. The predicted molar refractivity (Wildman–Crippen MR) is 111 cm³/mol. The van der Waals surface area contributed by atoms with Gasteiger partial charge in [-0.05, 0) is 42.0 Å². The first-order valence-electron chi connectivity index (χ1n) is 9.27. The minimum Gasteiger partial charge on any atom is -0.497 e. The molecule has 1 heterocycles. The second-order valence-electron chi connectivity index (χ2n) is 6.82. The Labute approximate surface area is 174 Å². The summed E-state index contributed by atoms with van der Waals surface area (Å²) >= 11 is 1.29. The molecule has 2 amide bonds. The Morgan fingerprint density at radius 2 is 1.76 bits per heavy atom. The predicted octanol–water partition coefficient (Wildman–Crippen LogP) is 2.76. The van der Waals surface area contributed by atoms with Gasteiger partial charge in [-0.25, -0.2) is 4.79 Å². The second-order valence-corrected chi connectivity index (χ2v) is 7.77. The van der Waals surface area contributed by atoms with Crippen molar-refractivity contribution in [2.45, 2.75) is 39.5 Å². The lowest BCUT2D eigenvalue weighted by Gasteiger charge is -2.22. The quantitative estimate of drug-likeness (QED) is 0.611. The molecule has 0 saturated carbocycles. The summed E-state index contributed by atoms with van der Waals surface area (Å²) in [5.41, 5.74) is 0.890. The monoisotopic (exact) mass is 418 g/mol. The molecule has 8 heteroatoms. The molecule has 0 aliphatic rings. The van der Waals surface area contributed by atoms with Crippen LogP contribution < -0.4 is 15.4 Å². The van der Waals surface area contributed by atoms with Crippen LogP contribution in [0.4, 0.5) is 0 Å². The number of amides is 2. The van der Waals surface area contributed by atoms with Crippen LogP contribution in [0.25, 0.3) is 0 Å². The molecule has 0 radical (unpaired) electrons. The molecule has 0 bridgehead atoms. The number of esters is 1. The largest absolute Gasteiger partial charge is 0.497 e. The van der Waals surface area contributed by atoms with E-state index in [0.717, 1.165) is 11.3 Å². The zero-order chi connectivity index (χ0) is 21.4. The van der Waals surface area contributed by atoms with Gasteiger partial charge in [0.25, 0.3) is 11.8 Å². The Morgan fingerprint density at radius 3 is 2.31 bits per heavy atom. The summed E-state index contributed by atoms with van der Waals surface area (Å²) in [6.07, 6.45) is -0.986. The Hall–Kier alpha value is -2.87. The number of carbonyl (C=O) groups is 3. The van der Waals surface area contributed by atoms with Gasteiger partial charge in [-0.2, -0.15) is 0 Å². The van der Waals surface area contributed by atoms with Crippen LogP contribution in [0.2, 0.25) is 0 Å². The van der Waals surface area contributed by atoms with Crippen LogP contribution in [0.5, 0.6) is 5.75 Å². The molecule has 0 aliphatic carbocycles. The number of methoxy groups -OCH3 is 1. The first kappa shape index (κ1) is 22.4. The lowest BCUT2D eigenvalue weighted by molar-refractivity contribution is -0.157. The third-order valence-electron chi connectivity index (χ3n) is 4.24. The molecule has 0 fully saturated rings. The molecule has 7 nitrogen and oxygen atoms in total. The van der Waals surface area contributed by atoms with Crippen molar-refractivity contribution in [2.75, 3.05) is 7.11 Å². The van der Waals surface area contributed by atoms with Gasteiger partial charge in [0.2, 0.25) is 0 Å². The topological polar surface area (TPSA) is 93.7 Å². The van der Waals surface area contributed by atoms with Crippen LogP contribution in [0.15, 0.2) is 41.8 Å². The fourth-order valence-corrected chi connectivity index (χ4v) is 3.12. The zero-order valence-corrected chi connectivity index (χ0v) is 17.7. The van der Waals surface area contributed by atoms with Crippen molar-refractivity contribution in [3.8, 4) is 5.75 Å². The number of carbonyl (C=O) groups excluding carboxylic acids is 3. The molecule has 0 spiro atoms. The van der Waals surface area contributed by atoms with E-state index >= 15 is 0 Å². The summed E-state index contributed by atoms with van der Waals surface area (Å²) in [7, 11) is 1.58. The van der Waals surface area contributed by atoms with Gasteiger partial charge in [-0.1, -0.05) is 32.0 Å². The SMILES string of the molecule is COc1ccc(CNC(=O)[C@@H](C)OC(=O)[C@H](NC(=O)c2cccs2)C(C)C)cc1. The summed E-state index contributed by atoms with van der Waals surface area (Å²) in [4.78, 5) is 37.6. The molecule has 29 heavy (non-hydrogen) atoms. The van der Waals surface area contributed by atoms with Crippen molar-refractivity contribution in [2.24, 2.45) is 5.92 Å². The molecule has 2 N–H and O–H groups in total. The van der Waals surface area contributed by atoms with Gasteiger partial charge in [-0.3, -0.25) is 9.59 Å².